The number of nitrogens with one attached hydrogen (secondary N) is 1. The van der Waals surface area contributed by atoms with E-state index in [2.05, 4.69) is 10.5 Å². The molecular formula is C21H21N3O4. The summed E-state index contributed by atoms with van der Waals surface area (Å²) in [5, 5.41) is 6.31. The molecule has 0 saturated carbocycles. The molecule has 7 heteroatoms. The lowest BCUT2D eigenvalue weighted by Crippen LogP contribution is -2.35. The Morgan fingerprint density at radius 1 is 1.11 bits per heavy atom. The summed E-state index contributed by atoms with van der Waals surface area (Å²) in [6, 6.07) is 18.2. The van der Waals surface area contributed by atoms with Crippen molar-refractivity contribution in [3.8, 4) is 5.75 Å². The van der Waals surface area contributed by atoms with Gasteiger partial charge in [0.2, 0.25) is 5.91 Å². The van der Waals surface area contributed by atoms with Crippen molar-refractivity contribution in [1.82, 2.24) is 10.1 Å². The van der Waals surface area contributed by atoms with Gasteiger partial charge in [-0.3, -0.25) is 9.59 Å². The molecule has 144 valence electrons. The molecule has 3 aromatic rings. The fourth-order valence-electron chi connectivity index (χ4n) is 2.63. The first-order valence-corrected chi connectivity index (χ1v) is 8.77. The highest BCUT2D eigenvalue weighted by Crippen LogP contribution is 2.16. The minimum absolute atomic E-state index is 0.112. The maximum absolute atomic E-state index is 12.8. The Morgan fingerprint density at radius 2 is 1.82 bits per heavy atom. The number of para-hydroxylation sites is 1. The standard InChI is InChI=1S/C21H21N3O4/c1-15-12-19(23-28-15)22-20(25)13-24(2)21(26)18-11-7-6-8-16(18)14-27-17-9-4-3-5-10-17/h3-12H,13-14H2,1-2H3,(H,22,23,25). The third-order valence-electron chi connectivity index (χ3n) is 4.01. The first kappa shape index (κ1) is 19.2. The SMILES string of the molecule is Cc1cc(NC(=O)CN(C)C(=O)c2ccccc2COc2ccccc2)no1. The predicted octanol–water partition coefficient (Wildman–Crippen LogP) is 3.27. The second-order valence-electron chi connectivity index (χ2n) is 6.29. The van der Waals surface area contributed by atoms with Crippen LogP contribution in [-0.4, -0.2) is 35.5 Å². The van der Waals surface area contributed by atoms with Gasteiger partial charge in [-0.15, -0.1) is 0 Å². The van der Waals surface area contributed by atoms with Crippen LogP contribution in [0.4, 0.5) is 5.82 Å². The molecule has 1 N–H and O–H groups in total. The van der Waals surface area contributed by atoms with Crippen molar-refractivity contribution < 1.29 is 18.8 Å². The van der Waals surface area contributed by atoms with Gasteiger partial charge in [0.25, 0.3) is 5.91 Å². The number of carbonyl (C=O) groups is 2. The second kappa shape index (κ2) is 8.85. The average molecular weight is 379 g/mol. The number of aryl methyl sites for hydroxylation is 1. The van der Waals surface area contributed by atoms with Gasteiger partial charge in [-0.2, -0.15) is 0 Å². The van der Waals surface area contributed by atoms with Gasteiger partial charge in [0.15, 0.2) is 5.82 Å². The molecule has 1 heterocycles. The number of rotatable bonds is 7. The normalized spacial score (nSPS) is 10.4. The molecule has 0 aliphatic carbocycles. The van der Waals surface area contributed by atoms with Gasteiger partial charge in [0, 0.05) is 24.2 Å². The number of hydrogen-bond acceptors (Lipinski definition) is 5. The molecule has 0 atom stereocenters. The van der Waals surface area contributed by atoms with E-state index in [9.17, 15) is 9.59 Å². The molecule has 1 aromatic heterocycles. The second-order valence-corrected chi connectivity index (χ2v) is 6.29. The van der Waals surface area contributed by atoms with E-state index in [0.29, 0.717) is 17.1 Å². The Balaban J connectivity index is 1.63. The number of benzene rings is 2. The highest BCUT2D eigenvalue weighted by Gasteiger charge is 2.18. The van der Waals surface area contributed by atoms with E-state index < -0.39 is 0 Å². The Bertz CT molecular complexity index is 953. The molecule has 3 rings (SSSR count). The van der Waals surface area contributed by atoms with Crippen LogP contribution in [0, 0.1) is 6.92 Å². The van der Waals surface area contributed by atoms with Gasteiger partial charge in [-0.25, -0.2) is 0 Å². The molecular weight excluding hydrogens is 358 g/mol. The molecule has 0 fully saturated rings. The first-order chi connectivity index (χ1) is 13.5. The Kier molecular flexibility index (Phi) is 6.06. The van der Waals surface area contributed by atoms with E-state index in [1.807, 2.05) is 42.5 Å². The molecule has 0 saturated heterocycles. The Morgan fingerprint density at radius 3 is 2.54 bits per heavy atom. The third kappa shape index (κ3) is 4.97. The summed E-state index contributed by atoms with van der Waals surface area (Å²) in [4.78, 5) is 26.3. The van der Waals surface area contributed by atoms with Crippen molar-refractivity contribution in [2.24, 2.45) is 0 Å². The number of carbonyl (C=O) groups excluding carboxylic acids is 2. The fourth-order valence-corrected chi connectivity index (χ4v) is 2.63. The Hall–Kier alpha value is -3.61. The van der Waals surface area contributed by atoms with Crippen LogP contribution in [0.2, 0.25) is 0 Å². The van der Waals surface area contributed by atoms with Crippen molar-refractivity contribution >= 4 is 17.6 Å². The molecule has 28 heavy (non-hydrogen) atoms. The van der Waals surface area contributed by atoms with Gasteiger partial charge in [0.1, 0.15) is 18.1 Å². The van der Waals surface area contributed by atoms with Crippen molar-refractivity contribution in [3.05, 3.63) is 77.6 Å². The van der Waals surface area contributed by atoms with Crippen molar-refractivity contribution in [3.63, 3.8) is 0 Å². The maximum atomic E-state index is 12.8. The molecule has 2 amide bonds. The van der Waals surface area contributed by atoms with Crippen LogP contribution in [0.15, 0.2) is 65.2 Å². The van der Waals surface area contributed by atoms with Crippen LogP contribution in [0.1, 0.15) is 21.7 Å². The number of hydrogen-bond donors (Lipinski definition) is 1. The van der Waals surface area contributed by atoms with E-state index in [0.717, 1.165) is 11.3 Å². The van der Waals surface area contributed by atoms with Gasteiger partial charge in [-0.05, 0) is 25.1 Å². The summed E-state index contributed by atoms with van der Waals surface area (Å²) in [5.74, 6) is 1.01. The van der Waals surface area contributed by atoms with Gasteiger partial charge in [-0.1, -0.05) is 41.6 Å². The highest BCUT2D eigenvalue weighted by atomic mass is 16.5. The average Bonchev–Trinajstić information content (AvgIpc) is 3.11. The molecule has 0 aliphatic heterocycles. The monoisotopic (exact) mass is 379 g/mol. The Labute approximate surface area is 162 Å². The molecule has 7 nitrogen and oxygen atoms in total. The molecule has 0 bridgehead atoms. The lowest BCUT2D eigenvalue weighted by atomic mass is 10.1. The molecule has 0 aliphatic rings. The summed E-state index contributed by atoms with van der Waals surface area (Å²) < 4.78 is 10.7. The first-order valence-electron chi connectivity index (χ1n) is 8.77. The largest absolute Gasteiger partial charge is 0.489 e. The summed E-state index contributed by atoms with van der Waals surface area (Å²) >= 11 is 0. The number of amides is 2. The van der Waals surface area contributed by atoms with Gasteiger partial charge in [0.05, 0.1) is 6.54 Å². The smallest absolute Gasteiger partial charge is 0.254 e. The van der Waals surface area contributed by atoms with Crippen LogP contribution >= 0.6 is 0 Å². The van der Waals surface area contributed by atoms with Crippen molar-refractivity contribution in [2.45, 2.75) is 13.5 Å². The molecule has 0 unspecified atom stereocenters. The van der Waals surface area contributed by atoms with E-state index >= 15 is 0 Å². The van der Waals surface area contributed by atoms with Crippen molar-refractivity contribution in [1.29, 1.82) is 0 Å². The number of ether oxygens (including phenoxy) is 1. The van der Waals surface area contributed by atoms with Crippen LogP contribution in [-0.2, 0) is 11.4 Å². The highest BCUT2D eigenvalue weighted by molar-refractivity contribution is 5.99. The zero-order valence-electron chi connectivity index (χ0n) is 15.7. The zero-order chi connectivity index (χ0) is 19.9. The van der Waals surface area contributed by atoms with E-state index in [-0.39, 0.29) is 25.0 Å². The van der Waals surface area contributed by atoms with Gasteiger partial charge >= 0.3 is 0 Å². The van der Waals surface area contributed by atoms with Crippen LogP contribution < -0.4 is 10.1 Å². The topological polar surface area (TPSA) is 84.7 Å². The number of aromatic nitrogens is 1. The molecule has 0 radical (unpaired) electrons. The number of likely N-dealkylation sites (N-methyl/N-ethyl adjacent to an activating group) is 1. The summed E-state index contributed by atoms with van der Waals surface area (Å²) in [6.45, 7) is 1.87. The van der Waals surface area contributed by atoms with Gasteiger partial charge < -0.3 is 19.5 Å². The van der Waals surface area contributed by atoms with Crippen LogP contribution in [0.5, 0.6) is 5.75 Å². The minimum atomic E-state index is -0.359. The summed E-state index contributed by atoms with van der Waals surface area (Å²) in [5.41, 5.74) is 1.24. The van der Waals surface area contributed by atoms with Crippen molar-refractivity contribution in [2.75, 3.05) is 18.9 Å². The number of anilines is 1. The number of nitrogens with zero attached hydrogens (tertiary/aromatic N) is 2. The summed E-state index contributed by atoms with van der Waals surface area (Å²) in [6.07, 6.45) is 0. The lowest BCUT2D eigenvalue weighted by Gasteiger charge is -2.18. The minimum Gasteiger partial charge on any atom is -0.489 e. The molecule has 2 aromatic carbocycles. The quantitative estimate of drug-likeness (QED) is 0.681. The maximum Gasteiger partial charge on any atom is 0.254 e. The third-order valence-corrected chi connectivity index (χ3v) is 4.01. The van der Waals surface area contributed by atoms with E-state index in [4.69, 9.17) is 9.26 Å². The predicted molar refractivity (Wildman–Crippen MR) is 104 cm³/mol. The van der Waals surface area contributed by atoms with E-state index in [1.165, 1.54) is 4.90 Å². The molecule has 0 spiro atoms. The van der Waals surface area contributed by atoms with Crippen LogP contribution in [0.3, 0.4) is 0 Å². The lowest BCUT2D eigenvalue weighted by molar-refractivity contribution is -0.116. The fraction of sp³-hybridized carbons (Fsp3) is 0.190. The zero-order valence-corrected chi connectivity index (χ0v) is 15.7. The van der Waals surface area contributed by atoms with E-state index in [1.54, 1.807) is 32.2 Å². The van der Waals surface area contributed by atoms with Crippen LogP contribution in [0.25, 0.3) is 0 Å². The summed E-state index contributed by atoms with van der Waals surface area (Å²) in [7, 11) is 1.57.